The highest BCUT2D eigenvalue weighted by molar-refractivity contribution is 14.0. The Morgan fingerprint density at radius 3 is 0.750 bits per heavy atom. The molecule has 0 radical (unpaired) electrons. The lowest BCUT2D eigenvalue weighted by Crippen LogP contribution is -2.27. The van der Waals surface area contributed by atoms with E-state index in [0.29, 0.717) is 0 Å². The predicted molar refractivity (Wildman–Crippen MR) is 60.0 cm³/mol. The van der Waals surface area contributed by atoms with Crippen molar-refractivity contribution in [2.24, 2.45) is 0 Å². The Labute approximate surface area is 90.0 Å². The highest BCUT2D eigenvalue weighted by Gasteiger charge is 1.88. The van der Waals surface area contributed by atoms with Crippen molar-refractivity contribution in [2.45, 2.75) is 0 Å². The molecule has 0 aliphatic rings. The maximum absolute atomic E-state index is 2.12. The van der Waals surface area contributed by atoms with E-state index in [-0.39, 0.29) is 57.9 Å². The quantitative estimate of drug-likeness (QED) is 0.457. The Bertz CT molecular complexity index is 29.5. The zero-order valence-corrected chi connectivity index (χ0v) is 11.4. The van der Waals surface area contributed by atoms with E-state index in [9.17, 15) is 0 Å². The van der Waals surface area contributed by atoms with Crippen LogP contribution in [0.15, 0.2) is 0 Å². The van der Waals surface area contributed by atoms with Gasteiger partial charge in [-0.05, 0) is 0 Å². The molecule has 0 aromatic carbocycles. The number of hydrogen-bond acceptors (Lipinski definition) is 0. The van der Waals surface area contributed by atoms with E-state index in [1.807, 2.05) is 0 Å². The lowest BCUT2D eigenvalue weighted by atomic mass is 10.8. The van der Waals surface area contributed by atoms with E-state index in [2.05, 4.69) is 28.2 Å². The van der Waals surface area contributed by atoms with Crippen LogP contribution in [0, 0.1) is 0 Å². The van der Waals surface area contributed by atoms with Gasteiger partial charge in [0.05, 0.1) is 28.2 Å². The van der Waals surface area contributed by atoms with Crippen LogP contribution in [0.5, 0.6) is 0 Å². The molecular formula is C4H15Br2IN+. The van der Waals surface area contributed by atoms with E-state index in [1.165, 1.54) is 0 Å². The van der Waals surface area contributed by atoms with E-state index < -0.39 is 0 Å². The molecule has 1 nitrogen and oxygen atoms in total. The molecule has 8 heavy (non-hydrogen) atoms. The molecule has 4 heteroatoms. The summed E-state index contributed by atoms with van der Waals surface area (Å²) in [5.41, 5.74) is 0. The molecule has 0 bridgehead atoms. The second-order valence-corrected chi connectivity index (χ2v) is 2.68. The van der Waals surface area contributed by atoms with Crippen molar-refractivity contribution < 1.29 is 4.48 Å². The van der Waals surface area contributed by atoms with Gasteiger partial charge in [0, 0.05) is 0 Å². The van der Waals surface area contributed by atoms with Crippen molar-refractivity contribution in [2.75, 3.05) is 28.2 Å². The summed E-state index contributed by atoms with van der Waals surface area (Å²) in [7, 11) is 8.50. The average molecular weight is 364 g/mol. The number of halogens is 3. The Morgan fingerprint density at radius 2 is 0.750 bits per heavy atom. The molecule has 0 N–H and O–H groups in total. The number of rotatable bonds is 0. The van der Waals surface area contributed by atoms with Gasteiger partial charge in [0.15, 0.2) is 0 Å². The second-order valence-electron chi connectivity index (χ2n) is 2.68. The molecule has 0 fully saturated rings. The zero-order valence-electron chi connectivity index (χ0n) is 5.67. The predicted octanol–water partition coefficient (Wildman–Crippen LogP) is 2.10. The van der Waals surface area contributed by atoms with E-state index in [4.69, 9.17) is 0 Å². The van der Waals surface area contributed by atoms with Crippen molar-refractivity contribution in [1.82, 2.24) is 0 Å². The van der Waals surface area contributed by atoms with Crippen LogP contribution in [0.2, 0.25) is 0 Å². The molecule has 0 amide bonds. The Hall–Kier alpha value is 1.65. The minimum absolute atomic E-state index is 0. The fourth-order valence-electron chi connectivity index (χ4n) is 0. The molecule has 0 heterocycles. The first-order chi connectivity index (χ1) is 2.00. The molecule has 0 atom stereocenters. The molecule has 0 saturated carbocycles. The van der Waals surface area contributed by atoms with Crippen molar-refractivity contribution in [3.63, 3.8) is 0 Å². The third kappa shape index (κ3) is 124. The van der Waals surface area contributed by atoms with E-state index in [1.54, 1.807) is 0 Å². The number of quaternary nitrogens is 1. The van der Waals surface area contributed by atoms with Crippen molar-refractivity contribution >= 4 is 57.9 Å². The van der Waals surface area contributed by atoms with Gasteiger partial charge in [-0.25, -0.2) is 0 Å². The summed E-state index contributed by atoms with van der Waals surface area (Å²) >= 11 is 0. The van der Waals surface area contributed by atoms with Crippen LogP contribution in [-0.4, -0.2) is 32.7 Å². The average Bonchev–Trinajstić information content (AvgIpc) is 0.722. The maximum Gasteiger partial charge on any atom is 0.0675 e. The zero-order chi connectivity index (χ0) is 4.50. The summed E-state index contributed by atoms with van der Waals surface area (Å²) in [5.74, 6) is 0. The molecular weight excluding hydrogens is 349 g/mol. The summed E-state index contributed by atoms with van der Waals surface area (Å²) in [5, 5.41) is 0. The maximum atomic E-state index is 2.12. The van der Waals surface area contributed by atoms with Crippen LogP contribution < -0.4 is 0 Å². The van der Waals surface area contributed by atoms with Gasteiger partial charge in [-0.2, -0.15) is 0 Å². The Kier molecular flexibility index (Phi) is 24.5. The van der Waals surface area contributed by atoms with Crippen molar-refractivity contribution in [3.05, 3.63) is 0 Å². The summed E-state index contributed by atoms with van der Waals surface area (Å²) in [4.78, 5) is 0. The van der Waals surface area contributed by atoms with Crippen LogP contribution in [0.3, 0.4) is 0 Å². The first-order valence-corrected chi connectivity index (χ1v) is 1.79. The monoisotopic (exact) mass is 362 g/mol. The SMILES string of the molecule is Br.Br.C[N+](C)(C)C.I. The topological polar surface area (TPSA) is 0 Å². The Morgan fingerprint density at radius 1 is 0.750 bits per heavy atom. The molecule has 0 aliphatic carbocycles. The molecule has 0 unspecified atom stereocenters. The minimum atomic E-state index is 0. The molecule has 0 spiro atoms. The van der Waals surface area contributed by atoms with Gasteiger partial charge < -0.3 is 4.48 Å². The lowest BCUT2D eigenvalue weighted by molar-refractivity contribution is -0.849. The summed E-state index contributed by atoms with van der Waals surface area (Å²) in [6, 6.07) is 0. The van der Waals surface area contributed by atoms with Gasteiger partial charge in [0.2, 0.25) is 0 Å². The van der Waals surface area contributed by atoms with Gasteiger partial charge in [-0.1, -0.05) is 0 Å². The fourth-order valence-corrected chi connectivity index (χ4v) is 0. The van der Waals surface area contributed by atoms with Crippen LogP contribution in [0.1, 0.15) is 0 Å². The third-order valence-corrected chi connectivity index (χ3v) is 0. The second kappa shape index (κ2) is 8.65. The van der Waals surface area contributed by atoms with Crippen LogP contribution >= 0.6 is 57.9 Å². The molecule has 56 valence electrons. The third-order valence-electron chi connectivity index (χ3n) is 0. The normalized spacial score (nSPS) is 7.50. The molecule has 0 aromatic rings. The van der Waals surface area contributed by atoms with Crippen molar-refractivity contribution in [3.8, 4) is 0 Å². The largest absolute Gasteiger partial charge is 0.333 e. The number of hydrogen-bond donors (Lipinski definition) is 0. The highest BCUT2D eigenvalue weighted by Crippen LogP contribution is 1.73. The lowest BCUT2D eigenvalue weighted by Gasteiger charge is -2.14. The van der Waals surface area contributed by atoms with Crippen LogP contribution in [0.25, 0.3) is 0 Å². The Balaban J connectivity index is -0.0000000267. The van der Waals surface area contributed by atoms with Gasteiger partial charge >= 0.3 is 0 Å². The highest BCUT2D eigenvalue weighted by atomic mass is 127. The molecule has 0 rings (SSSR count). The number of nitrogens with zero attached hydrogens (tertiary/aromatic N) is 1. The van der Waals surface area contributed by atoms with E-state index in [0.717, 1.165) is 4.48 Å². The van der Waals surface area contributed by atoms with E-state index >= 15 is 0 Å². The molecule has 0 aromatic heterocycles. The summed E-state index contributed by atoms with van der Waals surface area (Å²) in [6.45, 7) is 0. The standard InChI is InChI=1S/C4H12N.2BrH.HI/c1-5(2,3)4;;;/h1-4H3;3*1H/q+1;;;. The molecule has 0 saturated heterocycles. The fraction of sp³-hybridized carbons (Fsp3) is 1.00. The van der Waals surface area contributed by atoms with Gasteiger partial charge in [-0.15, -0.1) is 57.9 Å². The summed E-state index contributed by atoms with van der Waals surface area (Å²) < 4.78 is 1.00. The van der Waals surface area contributed by atoms with Gasteiger partial charge in [-0.3, -0.25) is 0 Å². The molecule has 0 aliphatic heterocycles. The van der Waals surface area contributed by atoms with Crippen LogP contribution in [-0.2, 0) is 0 Å². The van der Waals surface area contributed by atoms with Gasteiger partial charge in [0.1, 0.15) is 0 Å². The van der Waals surface area contributed by atoms with Gasteiger partial charge in [0.25, 0.3) is 0 Å². The minimum Gasteiger partial charge on any atom is -0.333 e. The summed E-state index contributed by atoms with van der Waals surface area (Å²) in [6.07, 6.45) is 0. The smallest absolute Gasteiger partial charge is 0.0675 e. The van der Waals surface area contributed by atoms with Crippen LogP contribution in [0.4, 0.5) is 0 Å². The first-order valence-electron chi connectivity index (χ1n) is 1.79. The first kappa shape index (κ1) is 22.6. The van der Waals surface area contributed by atoms with Crippen molar-refractivity contribution in [1.29, 1.82) is 0 Å².